The molecular formula is C17H24O2. The summed E-state index contributed by atoms with van der Waals surface area (Å²) < 4.78 is 12.6. The average Bonchev–Trinajstić information content (AvgIpc) is 2.75. The van der Waals surface area contributed by atoms with E-state index < -0.39 is 0 Å². The number of benzene rings is 1. The first kappa shape index (κ1) is 13.1. The predicted octanol–water partition coefficient (Wildman–Crippen LogP) is 3.94. The minimum Gasteiger partial charge on any atom is -0.370 e. The standard InChI is InChI=1S/C17H24O2/c1-15(2)14(16(3)10-11-17(15,4)19-16)18-12-13-8-6-5-7-9-13/h5-9,14H,10-12H2,1-4H3/t14-,16+,17-/m0/s1. The van der Waals surface area contributed by atoms with Gasteiger partial charge < -0.3 is 9.47 Å². The van der Waals surface area contributed by atoms with Crippen LogP contribution in [0.4, 0.5) is 0 Å². The quantitative estimate of drug-likeness (QED) is 0.819. The molecule has 2 aliphatic heterocycles. The van der Waals surface area contributed by atoms with E-state index in [2.05, 4.69) is 52.0 Å². The lowest BCUT2D eigenvalue weighted by Gasteiger charge is -2.42. The van der Waals surface area contributed by atoms with Gasteiger partial charge in [-0.2, -0.15) is 0 Å². The first-order valence-corrected chi connectivity index (χ1v) is 7.23. The van der Waals surface area contributed by atoms with Crippen molar-refractivity contribution in [1.82, 2.24) is 0 Å². The Hall–Kier alpha value is -0.860. The normalized spacial score (nSPS) is 39.7. The molecule has 2 heterocycles. The molecule has 19 heavy (non-hydrogen) atoms. The Labute approximate surface area is 116 Å². The number of hydrogen-bond donors (Lipinski definition) is 0. The van der Waals surface area contributed by atoms with Gasteiger partial charge in [-0.1, -0.05) is 44.2 Å². The van der Waals surface area contributed by atoms with Gasteiger partial charge in [0.15, 0.2) is 0 Å². The van der Waals surface area contributed by atoms with Crippen LogP contribution in [0, 0.1) is 5.41 Å². The summed E-state index contributed by atoms with van der Waals surface area (Å²) in [4.78, 5) is 0. The predicted molar refractivity (Wildman–Crippen MR) is 75.9 cm³/mol. The Morgan fingerprint density at radius 2 is 1.79 bits per heavy atom. The van der Waals surface area contributed by atoms with Crippen LogP contribution in [0.5, 0.6) is 0 Å². The van der Waals surface area contributed by atoms with Crippen molar-refractivity contribution in [3.63, 3.8) is 0 Å². The Balaban J connectivity index is 1.78. The van der Waals surface area contributed by atoms with E-state index in [0.29, 0.717) is 6.61 Å². The van der Waals surface area contributed by atoms with E-state index in [1.54, 1.807) is 0 Å². The molecule has 1 aromatic carbocycles. The molecule has 0 aromatic heterocycles. The Morgan fingerprint density at radius 1 is 1.11 bits per heavy atom. The number of ether oxygens (including phenoxy) is 2. The Kier molecular flexibility index (Phi) is 2.81. The molecular weight excluding hydrogens is 236 g/mol. The molecule has 1 aromatic rings. The fourth-order valence-electron chi connectivity index (χ4n) is 3.92. The highest BCUT2D eigenvalue weighted by molar-refractivity contribution is 5.18. The molecule has 0 aliphatic carbocycles. The lowest BCUT2D eigenvalue weighted by molar-refractivity contribution is -0.0893. The highest BCUT2D eigenvalue weighted by atomic mass is 16.6. The van der Waals surface area contributed by atoms with Gasteiger partial charge >= 0.3 is 0 Å². The summed E-state index contributed by atoms with van der Waals surface area (Å²) in [5, 5.41) is 0. The molecule has 2 saturated heterocycles. The maximum Gasteiger partial charge on any atom is 0.0944 e. The van der Waals surface area contributed by atoms with Gasteiger partial charge in [-0.05, 0) is 32.3 Å². The largest absolute Gasteiger partial charge is 0.370 e. The second-order valence-corrected chi connectivity index (χ2v) is 7.04. The third kappa shape index (κ3) is 1.85. The molecule has 0 saturated carbocycles. The van der Waals surface area contributed by atoms with E-state index >= 15 is 0 Å². The summed E-state index contributed by atoms with van der Waals surface area (Å²) in [6, 6.07) is 10.4. The smallest absolute Gasteiger partial charge is 0.0944 e. The molecule has 2 nitrogen and oxygen atoms in total. The van der Waals surface area contributed by atoms with E-state index in [1.165, 1.54) is 5.56 Å². The first-order chi connectivity index (χ1) is 8.87. The SMILES string of the molecule is CC1(C)[C@H](OCc2ccccc2)[C@@]2(C)CC[C@]1(C)O2. The summed E-state index contributed by atoms with van der Waals surface area (Å²) in [6.45, 7) is 9.69. The van der Waals surface area contributed by atoms with E-state index in [1.807, 2.05) is 6.07 Å². The van der Waals surface area contributed by atoms with Crippen LogP contribution in [-0.4, -0.2) is 17.3 Å². The Bertz CT molecular complexity index is 467. The zero-order chi connectivity index (χ0) is 13.7. The molecule has 3 rings (SSSR count). The van der Waals surface area contributed by atoms with E-state index in [-0.39, 0.29) is 22.7 Å². The van der Waals surface area contributed by atoms with Crippen LogP contribution in [0.1, 0.15) is 46.1 Å². The zero-order valence-electron chi connectivity index (χ0n) is 12.4. The molecule has 104 valence electrons. The van der Waals surface area contributed by atoms with Gasteiger partial charge in [-0.15, -0.1) is 0 Å². The van der Waals surface area contributed by atoms with Gasteiger partial charge in [-0.3, -0.25) is 0 Å². The van der Waals surface area contributed by atoms with Crippen molar-refractivity contribution in [2.24, 2.45) is 5.41 Å². The molecule has 0 amide bonds. The number of hydrogen-bond acceptors (Lipinski definition) is 2. The highest BCUT2D eigenvalue weighted by Gasteiger charge is 2.67. The Morgan fingerprint density at radius 3 is 2.37 bits per heavy atom. The number of fused-ring (bicyclic) bond motifs is 2. The lowest BCUT2D eigenvalue weighted by atomic mass is 9.64. The summed E-state index contributed by atoms with van der Waals surface area (Å²) in [5.74, 6) is 0. The maximum absolute atomic E-state index is 6.34. The van der Waals surface area contributed by atoms with Crippen molar-refractivity contribution >= 4 is 0 Å². The zero-order valence-corrected chi connectivity index (χ0v) is 12.4. The lowest BCUT2D eigenvalue weighted by Crippen LogP contribution is -2.50. The average molecular weight is 260 g/mol. The summed E-state index contributed by atoms with van der Waals surface area (Å²) in [7, 11) is 0. The molecule has 2 fully saturated rings. The van der Waals surface area contributed by atoms with Crippen LogP contribution in [0.15, 0.2) is 30.3 Å². The molecule has 0 spiro atoms. The fourth-order valence-corrected chi connectivity index (χ4v) is 3.92. The minimum atomic E-state index is -0.118. The molecule has 2 aliphatic rings. The van der Waals surface area contributed by atoms with Crippen molar-refractivity contribution in [2.45, 2.75) is 64.4 Å². The van der Waals surface area contributed by atoms with Gasteiger partial charge in [0.1, 0.15) is 0 Å². The van der Waals surface area contributed by atoms with Crippen LogP contribution in [-0.2, 0) is 16.1 Å². The third-order valence-electron chi connectivity index (χ3n) is 5.39. The maximum atomic E-state index is 6.34. The third-order valence-corrected chi connectivity index (χ3v) is 5.39. The molecule has 3 atom stereocenters. The fraction of sp³-hybridized carbons (Fsp3) is 0.647. The molecule has 0 unspecified atom stereocenters. The summed E-state index contributed by atoms with van der Waals surface area (Å²) >= 11 is 0. The van der Waals surface area contributed by atoms with E-state index in [9.17, 15) is 0 Å². The first-order valence-electron chi connectivity index (χ1n) is 7.23. The second-order valence-electron chi connectivity index (χ2n) is 7.04. The molecule has 0 N–H and O–H groups in total. The van der Waals surface area contributed by atoms with Crippen LogP contribution in [0.2, 0.25) is 0 Å². The minimum absolute atomic E-state index is 0.0386. The van der Waals surface area contributed by atoms with Gasteiger partial charge in [0.05, 0.1) is 23.9 Å². The van der Waals surface area contributed by atoms with E-state index in [0.717, 1.165) is 12.8 Å². The number of rotatable bonds is 3. The van der Waals surface area contributed by atoms with Crippen molar-refractivity contribution < 1.29 is 9.47 Å². The van der Waals surface area contributed by atoms with E-state index in [4.69, 9.17) is 9.47 Å². The van der Waals surface area contributed by atoms with Crippen molar-refractivity contribution in [3.8, 4) is 0 Å². The summed E-state index contributed by atoms with van der Waals surface area (Å²) in [5.41, 5.74) is 1.14. The van der Waals surface area contributed by atoms with Crippen molar-refractivity contribution in [2.75, 3.05) is 0 Å². The van der Waals surface area contributed by atoms with Crippen LogP contribution >= 0.6 is 0 Å². The highest BCUT2D eigenvalue weighted by Crippen LogP contribution is 2.61. The monoisotopic (exact) mass is 260 g/mol. The van der Waals surface area contributed by atoms with Crippen LogP contribution in [0.25, 0.3) is 0 Å². The molecule has 2 bridgehead atoms. The molecule has 0 radical (unpaired) electrons. The summed E-state index contributed by atoms with van der Waals surface area (Å²) in [6.07, 6.45) is 2.41. The van der Waals surface area contributed by atoms with Crippen molar-refractivity contribution in [1.29, 1.82) is 0 Å². The van der Waals surface area contributed by atoms with Crippen LogP contribution < -0.4 is 0 Å². The second kappa shape index (κ2) is 4.07. The van der Waals surface area contributed by atoms with Crippen LogP contribution in [0.3, 0.4) is 0 Å². The molecule has 2 heteroatoms. The van der Waals surface area contributed by atoms with Gasteiger partial charge in [0.25, 0.3) is 0 Å². The van der Waals surface area contributed by atoms with Gasteiger partial charge in [-0.25, -0.2) is 0 Å². The van der Waals surface area contributed by atoms with Gasteiger partial charge in [0, 0.05) is 5.41 Å². The topological polar surface area (TPSA) is 18.5 Å². The van der Waals surface area contributed by atoms with Crippen molar-refractivity contribution in [3.05, 3.63) is 35.9 Å². The van der Waals surface area contributed by atoms with Gasteiger partial charge in [0.2, 0.25) is 0 Å².